The van der Waals surface area contributed by atoms with Gasteiger partial charge in [-0.05, 0) is 45.2 Å². The zero-order chi connectivity index (χ0) is 31.7. The van der Waals surface area contributed by atoms with Crippen molar-refractivity contribution in [3.8, 4) is 27.9 Å². The highest BCUT2D eigenvalue weighted by atomic mass is 15.1. The summed E-state index contributed by atoms with van der Waals surface area (Å²) in [4.78, 5) is 4.80. The molecular weight excluding hydrogens is 448 g/mol. The maximum atomic E-state index is 9.19. The number of fused-ring (bicyclic) bond motifs is 3. The van der Waals surface area contributed by atoms with Gasteiger partial charge in [-0.1, -0.05) is 122 Å². The van der Waals surface area contributed by atoms with E-state index in [2.05, 4.69) is 0 Å². The molecule has 0 aliphatic carbocycles. The standard InChI is InChI=1S/C35H26N2/c1-2-33-36-31-18-10-11-19-32(31)37(33)35-29-16-8-6-14-27(29)34(28-15-7-9-17-30(28)35)26-22-20-25(21-23-26)24-12-4-3-5-13-24/h3-23H,2H2,1H3/i6D,7D,8D,9D,14D,15D,16D,17D. The Morgan fingerprint density at radius 3 is 1.81 bits per heavy atom. The van der Waals surface area contributed by atoms with Gasteiger partial charge in [0.2, 0.25) is 0 Å². The summed E-state index contributed by atoms with van der Waals surface area (Å²) in [5, 5.41) is 0.693. The third-order valence-corrected chi connectivity index (χ3v) is 6.80. The van der Waals surface area contributed by atoms with E-state index in [4.69, 9.17) is 13.2 Å². The molecule has 0 amide bonds. The minimum atomic E-state index is -0.429. The molecule has 2 nitrogen and oxygen atoms in total. The van der Waals surface area contributed by atoms with Crippen LogP contribution in [0.15, 0.2) is 127 Å². The maximum Gasteiger partial charge on any atom is 0.114 e. The normalized spacial score (nSPS) is 14.5. The summed E-state index contributed by atoms with van der Waals surface area (Å²) >= 11 is 0. The second-order valence-corrected chi connectivity index (χ2v) is 8.87. The molecule has 0 aliphatic rings. The van der Waals surface area contributed by atoms with Gasteiger partial charge in [0.25, 0.3) is 0 Å². The minimum absolute atomic E-state index is 0.165. The van der Waals surface area contributed by atoms with Gasteiger partial charge >= 0.3 is 0 Å². The Morgan fingerprint density at radius 2 is 1.16 bits per heavy atom. The van der Waals surface area contributed by atoms with E-state index in [9.17, 15) is 2.74 Å². The fourth-order valence-corrected chi connectivity index (χ4v) is 5.14. The molecule has 0 N–H and O–H groups in total. The summed E-state index contributed by atoms with van der Waals surface area (Å²) in [5.41, 5.74) is 4.41. The van der Waals surface area contributed by atoms with E-state index >= 15 is 0 Å². The number of benzene rings is 6. The van der Waals surface area contributed by atoms with Crippen LogP contribution >= 0.6 is 0 Å². The molecule has 1 heterocycles. The lowest BCUT2D eigenvalue weighted by Gasteiger charge is -2.19. The second kappa shape index (κ2) is 8.76. The Kier molecular flexibility index (Phi) is 3.50. The number of nitrogens with zero attached hydrogens (tertiary/aromatic N) is 2. The molecule has 176 valence electrons. The first kappa shape index (κ1) is 14.8. The largest absolute Gasteiger partial charge is 0.295 e. The predicted octanol–water partition coefficient (Wildman–Crippen LogP) is 9.23. The average molecular weight is 483 g/mol. The van der Waals surface area contributed by atoms with Crippen LogP contribution in [0.1, 0.15) is 23.7 Å². The molecule has 1 aromatic heterocycles. The zero-order valence-corrected chi connectivity index (χ0v) is 20.1. The summed E-state index contributed by atoms with van der Waals surface area (Å²) in [6.07, 6.45) is 0.469. The van der Waals surface area contributed by atoms with Gasteiger partial charge in [-0.2, -0.15) is 0 Å². The van der Waals surface area contributed by atoms with Crippen molar-refractivity contribution in [2.45, 2.75) is 13.3 Å². The van der Waals surface area contributed by atoms with E-state index in [1.165, 1.54) is 0 Å². The molecule has 0 bridgehead atoms. The topological polar surface area (TPSA) is 17.8 Å². The van der Waals surface area contributed by atoms with Crippen LogP contribution in [0.2, 0.25) is 0 Å². The lowest BCUT2D eigenvalue weighted by Crippen LogP contribution is -2.03. The van der Waals surface area contributed by atoms with E-state index in [1.807, 2.05) is 85.8 Å². The smallest absolute Gasteiger partial charge is 0.114 e. The predicted molar refractivity (Wildman–Crippen MR) is 156 cm³/mol. The number of aryl methyl sites for hydroxylation is 1. The molecule has 2 heteroatoms. The monoisotopic (exact) mass is 482 g/mol. The van der Waals surface area contributed by atoms with Gasteiger partial charge in [-0.25, -0.2) is 4.98 Å². The van der Waals surface area contributed by atoms with Crippen LogP contribution in [-0.4, -0.2) is 9.55 Å². The fraction of sp³-hybridized carbons (Fsp3) is 0.0571. The van der Waals surface area contributed by atoms with Gasteiger partial charge in [-0.3, -0.25) is 4.57 Å². The van der Waals surface area contributed by atoms with Gasteiger partial charge in [0.1, 0.15) is 5.82 Å². The van der Waals surface area contributed by atoms with Crippen molar-refractivity contribution in [2.75, 3.05) is 0 Å². The SMILES string of the molecule is [2H]c1c([2H])c([2H])c2c(-n3c(CC)nc4ccccc43)c3c([2H])c([2H])c([2H])c([2H])c3c(-c3ccc(-c4ccccc4)cc3)c2c1[2H]. The summed E-state index contributed by atoms with van der Waals surface area (Å²) < 4.78 is 73.1. The highest BCUT2D eigenvalue weighted by molar-refractivity contribution is 6.18. The highest BCUT2D eigenvalue weighted by Crippen LogP contribution is 2.42. The van der Waals surface area contributed by atoms with Crippen LogP contribution in [0.3, 0.4) is 0 Å². The van der Waals surface area contributed by atoms with E-state index in [1.54, 1.807) is 4.57 Å². The molecule has 0 radical (unpaired) electrons. The van der Waals surface area contributed by atoms with Crippen molar-refractivity contribution in [1.29, 1.82) is 0 Å². The molecular formula is C35H26N2. The van der Waals surface area contributed by atoms with Crippen molar-refractivity contribution in [3.05, 3.63) is 133 Å². The number of hydrogen-bond acceptors (Lipinski definition) is 1. The zero-order valence-electron chi connectivity index (χ0n) is 28.1. The Labute approximate surface area is 227 Å². The molecule has 0 unspecified atom stereocenters. The fourth-order valence-electron chi connectivity index (χ4n) is 5.14. The van der Waals surface area contributed by atoms with E-state index in [-0.39, 0.29) is 51.4 Å². The van der Waals surface area contributed by atoms with Crippen LogP contribution in [-0.2, 0) is 6.42 Å². The first-order valence-electron chi connectivity index (χ1n) is 16.2. The van der Waals surface area contributed by atoms with Crippen molar-refractivity contribution >= 4 is 32.6 Å². The van der Waals surface area contributed by atoms with Crippen molar-refractivity contribution in [1.82, 2.24) is 9.55 Å². The number of rotatable bonds is 4. The molecule has 7 aromatic rings. The van der Waals surface area contributed by atoms with Crippen LogP contribution < -0.4 is 0 Å². The highest BCUT2D eigenvalue weighted by Gasteiger charge is 2.20. The van der Waals surface area contributed by atoms with Crippen molar-refractivity contribution < 1.29 is 11.0 Å². The van der Waals surface area contributed by atoms with Gasteiger partial charge < -0.3 is 0 Å². The molecule has 0 fully saturated rings. The van der Waals surface area contributed by atoms with Crippen LogP contribution in [0, 0.1) is 0 Å². The number of aromatic nitrogens is 2. The molecule has 0 saturated carbocycles. The summed E-state index contributed by atoms with van der Waals surface area (Å²) in [5.74, 6) is 0.596. The second-order valence-electron chi connectivity index (χ2n) is 8.87. The van der Waals surface area contributed by atoms with Crippen molar-refractivity contribution in [2.24, 2.45) is 0 Å². The molecule has 0 atom stereocenters. The minimum Gasteiger partial charge on any atom is -0.295 e. The van der Waals surface area contributed by atoms with Gasteiger partial charge in [0.15, 0.2) is 0 Å². The average Bonchev–Trinajstić information content (AvgIpc) is 3.45. The lowest BCUT2D eigenvalue weighted by molar-refractivity contribution is 0.917. The Hall–Kier alpha value is -4.69. The maximum absolute atomic E-state index is 9.19. The molecule has 7 rings (SSSR count). The third kappa shape index (κ3) is 3.45. The first-order valence-corrected chi connectivity index (χ1v) is 12.2. The number of para-hydroxylation sites is 2. The Bertz CT molecular complexity index is 2250. The molecule has 0 aliphatic heterocycles. The van der Waals surface area contributed by atoms with Gasteiger partial charge in [0, 0.05) is 17.2 Å². The van der Waals surface area contributed by atoms with Crippen LogP contribution in [0.4, 0.5) is 0 Å². The summed E-state index contributed by atoms with van der Waals surface area (Å²) in [7, 11) is 0. The first-order chi connectivity index (χ1) is 21.6. The summed E-state index contributed by atoms with van der Waals surface area (Å²) in [6.45, 7) is 1.93. The van der Waals surface area contributed by atoms with Crippen molar-refractivity contribution in [3.63, 3.8) is 0 Å². The lowest BCUT2D eigenvalue weighted by atomic mass is 9.89. The van der Waals surface area contributed by atoms with Gasteiger partial charge in [-0.15, -0.1) is 0 Å². The van der Waals surface area contributed by atoms with Crippen LogP contribution in [0.5, 0.6) is 0 Å². The third-order valence-electron chi connectivity index (χ3n) is 6.80. The quantitative estimate of drug-likeness (QED) is 0.229. The number of imidazole rings is 1. The molecule has 0 saturated heterocycles. The van der Waals surface area contributed by atoms with Gasteiger partial charge in [0.05, 0.1) is 27.7 Å². The Morgan fingerprint density at radius 1 is 0.622 bits per heavy atom. The molecule has 37 heavy (non-hydrogen) atoms. The summed E-state index contributed by atoms with van der Waals surface area (Å²) in [6, 6.07) is 21.8. The van der Waals surface area contributed by atoms with E-state index in [0.29, 0.717) is 34.4 Å². The number of hydrogen-bond donors (Lipinski definition) is 0. The van der Waals surface area contributed by atoms with Crippen LogP contribution in [0.25, 0.3) is 60.5 Å². The molecule has 0 spiro atoms. The van der Waals surface area contributed by atoms with E-state index < -0.39 is 24.2 Å². The van der Waals surface area contributed by atoms with E-state index in [0.717, 1.165) is 11.1 Å². The molecule has 6 aromatic carbocycles. The Balaban J connectivity index is 1.76.